The molecule has 2 saturated carbocycles. The van der Waals surface area contributed by atoms with Crippen LogP contribution in [0.2, 0.25) is 0 Å². The van der Waals surface area contributed by atoms with Crippen molar-refractivity contribution in [3.05, 3.63) is 0 Å². The van der Waals surface area contributed by atoms with E-state index >= 15 is 0 Å². The molecule has 2 fully saturated rings. The first-order valence-electron chi connectivity index (χ1n) is 11.4. The van der Waals surface area contributed by atoms with Crippen LogP contribution in [0.25, 0.3) is 0 Å². The zero-order chi connectivity index (χ0) is 18.8. The quantitative estimate of drug-likeness (QED) is 0.318. The van der Waals surface area contributed by atoms with Crippen LogP contribution >= 0.6 is 0 Å². The lowest BCUT2D eigenvalue weighted by Gasteiger charge is -2.41. The molecule has 26 heavy (non-hydrogen) atoms. The van der Waals surface area contributed by atoms with Gasteiger partial charge < -0.3 is 9.47 Å². The van der Waals surface area contributed by atoms with Gasteiger partial charge in [0, 0.05) is 0 Å². The lowest BCUT2D eigenvalue weighted by molar-refractivity contribution is -0.0568. The molecule has 2 aliphatic carbocycles. The molecule has 0 N–H and O–H groups in total. The predicted molar refractivity (Wildman–Crippen MR) is 107 cm³/mol. The lowest BCUT2D eigenvalue weighted by atomic mass is 9.68. The normalized spacial score (nSPS) is 32.2. The Hall–Kier alpha value is -0.730. The number of hydrogen-bond donors (Lipinski definition) is 0. The highest BCUT2D eigenvalue weighted by atomic mass is 16.7. The summed E-state index contributed by atoms with van der Waals surface area (Å²) in [7, 11) is 0. The molecule has 0 spiro atoms. The minimum Gasteiger partial charge on any atom is -0.434 e. The van der Waals surface area contributed by atoms with Crippen molar-refractivity contribution < 1.29 is 14.3 Å². The van der Waals surface area contributed by atoms with Gasteiger partial charge in [-0.1, -0.05) is 58.8 Å². The Morgan fingerprint density at radius 1 is 0.885 bits per heavy atom. The van der Waals surface area contributed by atoms with E-state index in [0.717, 1.165) is 43.4 Å². The van der Waals surface area contributed by atoms with Crippen LogP contribution < -0.4 is 0 Å². The Labute approximate surface area is 161 Å². The van der Waals surface area contributed by atoms with E-state index in [0.29, 0.717) is 6.61 Å². The molecule has 0 aromatic heterocycles. The number of unbranched alkanes of at least 4 members (excludes halogenated alkanes) is 3. The zero-order valence-electron chi connectivity index (χ0n) is 17.6. The van der Waals surface area contributed by atoms with Crippen LogP contribution in [0.5, 0.6) is 0 Å². The van der Waals surface area contributed by atoms with Crippen molar-refractivity contribution in [2.45, 2.75) is 116 Å². The first kappa shape index (κ1) is 21.6. The number of ether oxygens (including phenoxy) is 2. The van der Waals surface area contributed by atoms with Crippen molar-refractivity contribution >= 4 is 6.16 Å². The summed E-state index contributed by atoms with van der Waals surface area (Å²) in [6.07, 6.45) is 16.9. The summed E-state index contributed by atoms with van der Waals surface area (Å²) in [5.74, 6) is 2.75. The molecule has 2 aliphatic rings. The molecule has 0 saturated heterocycles. The average molecular weight is 367 g/mol. The summed E-state index contributed by atoms with van der Waals surface area (Å²) in [5.41, 5.74) is -0.309. The maximum Gasteiger partial charge on any atom is 0.508 e. The van der Waals surface area contributed by atoms with E-state index < -0.39 is 6.16 Å². The monoisotopic (exact) mass is 366 g/mol. The summed E-state index contributed by atoms with van der Waals surface area (Å²) < 4.78 is 11.0. The standard InChI is InChI=1S/C23H42O3/c1-4-6-7-8-18-25-22(24)26-23(3)16-14-21(15-17-23)20-12-10-19(9-5-2)11-13-20/h19-21H,4-18H2,1-3H3. The van der Waals surface area contributed by atoms with Crippen molar-refractivity contribution in [2.75, 3.05) is 6.61 Å². The van der Waals surface area contributed by atoms with E-state index in [1.807, 2.05) is 0 Å². The summed E-state index contributed by atoms with van der Waals surface area (Å²) in [6, 6.07) is 0. The lowest BCUT2D eigenvalue weighted by Crippen LogP contribution is -2.38. The molecule has 3 nitrogen and oxygen atoms in total. The van der Waals surface area contributed by atoms with Crippen LogP contribution in [0, 0.1) is 17.8 Å². The van der Waals surface area contributed by atoms with Gasteiger partial charge in [-0.3, -0.25) is 0 Å². The highest BCUT2D eigenvalue weighted by molar-refractivity contribution is 5.60. The highest BCUT2D eigenvalue weighted by Crippen LogP contribution is 2.44. The second kappa shape index (κ2) is 11.2. The van der Waals surface area contributed by atoms with Gasteiger partial charge in [-0.15, -0.1) is 0 Å². The number of carbonyl (C=O) groups is 1. The molecule has 0 bridgehead atoms. The van der Waals surface area contributed by atoms with Crippen molar-refractivity contribution in [2.24, 2.45) is 17.8 Å². The second-order valence-electron chi connectivity index (χ2n) is 9.12. The minimum absolute atomic E-state index is 0.309. The highest BCUT2D eigenvalue weighted by Gasteiger charge is 2.38. The third-order valence-corrected chi connectivity index (χ3v) is 6.89. The van der Waals surface area contributed by atoms with Crippen LogP contribution in [0.15, 0.2) is 0 Å². The first-order valence-corrected chi connectivity index (χ1v) is 11.4. The predicted octanol–water partition coefficient (Wildman–Crippen LogP) is 7.28. The van der Waals surface area contributed by atoms with Gasteiger partial charge >= 0.3 is 6.16 Å². The molecule has 3 heteroatoms. The summed E-state index contributed by atoms with van der Waals surface area (Å²) in [6.45, 7) is 7.09. The molecule has 0 unspecified atom stereocenters. The van der Waals surface area contributed by atoms with Gasteiger partial charge in [-0.25, -0.2) is 4.79 Å². The number of hydrogen-bond acceptors (Lipinski definition) is 3. The largest absolute Gasteiger partial charge is 0.508 e. The Bertz CT molecular complexity index is 390. The third kappa shape index (κ3) is 7.12. The van der Waals surface area contributed by atoms with Crippen molar-refractivity contribution in [3.63, 3.8) is 0 Å². The first-order chi connectivity index (χ1) is 12.6. The zero-order valence-corrected chi connectivity index (χ0v) is 17.6. The maximum atomic E-state index is 12.0. The van der Waals surface area contributed by atoms with Gasteiger partial charge in [0.25, 0.3) is 0 Å². The molecule has 2 rings (SSSR count). The molecular weight excluding hydrogens is 324 g/mol. The Balaban J connectivity index is 1.64. The molecule has 0 aliphatic heterocycles. The summed E-state index contributed by atoms with van der Waals surface area (Å²) in [5, 5.41) is 0. The topological polar surface area (TPSA) is 35.5 Å². The number of carbonyl (C=O) groups excluding carboxylic acids is 1. The molecule has 0 heterocycles. The van der Waals surface area contributed by atoms with Gasteiger partial charge in [-0.2, -0.15) is 0 Å². The fourth-order valence-corrected chi connectivity index (χ4v) is 5.10. The SMILES string of the molecule is CCCCCCOC(=O)OC1(C)CCC(C2CCC(CCC)CC2)CC1. The van der Waals surface area contributed by atoms with E-state index in [2.05, 4.69) is 20.8 Å². The Morgan fingerprint density at radius 2 is 1.54 bits per heavy atom. The Morgan fingerprint density at radius 3 is 2.15 bits per heavy atom. The molecule has 0 radical (unpaired) electrons. The van der Waals surface area contributed by atoms with Crippen LogP contribution in [-0.4, -0.2) is 18.4 Å². The molecule has 0 amide bonds. The molecule has 0 atom stereocenters. The van der Waals surface area contributed by atoms with Crippen LogP contribution in [0.1, 0.15) is 111 Å². The molecular formula is C23H42O3. The van der Waals surface area contributed by atoms with Crippen molar-refractivity contribution in [1.29, 1.82) is 0 Å². The van der Waals surface area contributed by atoms with E-state index in [-0.39, 0.29) is 5.60 Å². The van der Waals surface area contributed by atoms with Gasteiger partial charge in [0.2, 0.25) is 0 Å². The fraction of sp³-hybridized carbons (Fsp3) is 0.957. The average Bonchev–Trinajstić information content (AvgIpc) is 2.63. The van der Waals surface area contributed by atoms with E-state index in [1.54, 1.807) is 0 Å². The summed E-state index contributed by atoms with van der Waals surface area (Å²) >= 11 is 0. The summed E-state index contributed by atoms with van der Waals surface area (Å²) in [4.78, 5) is 12.0. The fourth-order valence-electron chi connectivity index (χ4n) is 5.10. The van der Waals surface area contributed by atoms with Gasteiger partial charge in [-0.05, 0) is 69.6 Å². The molecule has 0 aromatic rings. The van der Waals surface area contributed by atoms with Crippen molar-refractivity contribution in [1.82, 2.24) is 0 Å². The number of rotatable bonds is 9. The molecule has 0 aromatic carbocycles. The van der Waals surface area contributed by atoms with Gasteiger partial charge in [0.05, 0.1) is 6.61 Å². The van der Waals surface area contributed by atoms with E-state index in [1.165, 1.54) is 64.2 Å². The van der Waals surface area contributed by atoms with E-state index in [9.17, 15) is 4.79 Å². The van der Waals surface area contributed by atoms with Crippen molar-refractivity contribution in [3.8, 4) is 0 Å². The Kier molecular flexibility index (Phi) is 9.28. The van der Waals surface area contributed by atoms with Crippen LogP contribution in [0.4, 0.5) is 4.79 Å². The second-order valence-corrected chi connectivity index (χ2v) is 9.12. The van der Waals surface area contributed by atoms with Crippen LogP contribution in [0.3, 0.4) is 0 Å². The van der Waals surface area contributed by atoms with Gasteiger partial charge in [0.1, 0.15) is 5.60 Å². The third-order valence-electron chi connectivity index (χ3n) is 6.89. The smallest absolute Gasteiger partial charge is 0.434 e. The van der Waals surface area contributed by atoms with Crippen LogP contribution in [-0.2, 0) is 9.47 Å². The minimum atomic E-state index is -0.456. The van der Waals surface area contributed by atoms with Gasteiger partial charge in [0.15, 0.2) is 0 Å². The maximum absolute atomic E-state index is 12.0. The molecule has 152 valence electrons. The van der Waals surface area contributed by atoms with E-state index in [4.69, 9.17) is 9.47 Å².